The van der Waals surface area contributed by atoms with E-state index in [1.807, 2.05) is 0 Å². The molecule has 1 saturated heterocycles. The predicted molar refractivity (Wildman–Crippen MR) is 104 cm³/mol. The highest BCUT2D eigenvalue weighted by Crippen LogP contribution is 2.40. The second kappa shape index (κ2) is 8.22. The number of anilines is 1. The number of nitrogens with zero attached hydrogens (tertiary/aromatic N) is 5. The third-order valence-corrected chi connectivity index (χ3v) is 5.73. The number of hydrogen-bond donors (Lipinski definition) is 0. The summed E-state index contributed by atoms with van der Waals surface area (Å²) >= 11 is 5.99. The van der Waals surface area contributed by atoms with E-state index in [2.05, 4.69) is 10.1 Å². The van der Waals surface area contributed by atoms with Crippen molar-refractivity contribution < 1.29 is 26.3 Å². The minimum Gasteiger partial charge on any atom is -0.353 e. The van der Waals surface area contributed by atoms with Gasteiger partial charge in [-0.25, -0.2) is 9.67 Å². The average Bonchev–Trinajstić information content (AvgIpc) is 3.54. The maximum absolute atomic E-state index is 13.3. The van der Waals surface area contributed by atoms with Crippen LogP contribution in [0.4, 0.5) is 32.2 Å². The molecule has 4 rings (SSSR count). The Morgan fingerprint density at radius 3 is 2.19 bits per heavy atom. The molecule has 2 aromatic heterocycles. The second-order valence-electron chi connectivity index (χ2n) is 7.83. The minimum atomic E-state index is -4.77. The Balaban J connectivity index is 1.47. The first-order valence-corrected chi connectivity index (χ1v) is 10.2. The molecule has 0 unspecified atom stereocenters. The van der Waals surface area contributed by atoms with Crippen LogP contribution in [-0.4, -0.2) is 45.8 Å². The largest absolute Gasteiger partial charge is 0.421 e. The Labute approximate surface area is 183 Å². The molecule has 0 N–H and O–H groups in total. The molecule has 2 aliphatic rings. The summed E-state index contributed by atoms with van der Waals surface area (Å²) in [5.74, 6) is 0.136. The van der Waals surface area contributed by atoms with Crippen molar-refractivity contribution in [2.45, 2.75) is 37.8 Å². The number of alkyl halides is 6. The van der Waals surface area contributed by atoms with Crippen molar-refractivity contribution in [2.75, 3.05) is 31.1 Å². The molecule has 0 aromatic carbocycles. The molecule has 6 nitrogen and oxygen atoms in total. The highest BCUT2D eigenvalue weighted by Gasteiger charge is 2.38. The van der Waals surface area contributed by atoms with Gasteiger partial charge in [0.15, 0.2) is 0 Å². The van der Waals surface area contributed by atoms with Gasteiger partial charge in [-0.1, -0.05) is 11.6 Å². The van der Waals surface area contributed by atoms with Crippen LogP contribution in [0.1, 0.15) is 35.6 Å². The van der Waals surface area contributed by atoms with Gasteiger partial charge in [0.25, 0.3) is 5.56 Å². The lowest BCUT2D eigenvalue weighted by atomic mass is 10.2. The fourth-order valence-electron chi connectivity index (χ4n) is 3.55. The Bertz CT molecular complexity index is 1060. The van der Waals surface area contributed by atoms with Crippen LogP contribution in [0.25, 0.3) is 0 Å². The maximum Gasteiger partial charge on any atom is 0.421 e. The van der Waals surface area contributed by atoms with Crippen LogP contribution < -0.4 is 10.5 Å². The molecule has 0 bridgehead atoms. The van der Waals surface area contributed by atoms with Crippen molar-refractivity contribution in [2.24, 2.45) is 0 Å². The third-order valence-electron chi connectivity index (χ3n) is 5.45. The maximum atomic E-state index is 13.3. The van der Waals surface area contributed by atoms with Crippen molar-refractivity contribution in [3.63, 3.8) is 0 Å². The number of hydrogen-bond acceptors (Lipinski definition) is 5. The van der Waals surface area contributed by atoms with Crippen molar-refractivity contribution in [3.8, 4) is 0 Å². The molecule has 1 aliphatic heterocycles. The van der Waals surface area contributed by atoms with Crippen LogP contribution in [0.15, 0.2) is 23.1 Å². The lowest BCUT2D eigenvalue weighted by molar-refractivity contribution is -0.139. The monoisotopic (exact) mass is 481 g/mol. The molecule has 0 radical (unpaired) electrons. The van der Waals surface area contributed by atoms with Gasteiger partial charge in [-0.15, -0.1) is 0 Å². The van der Waals surface area contributed by atoms with Gasteiger partial charge in [-0.05, 0) is 25.0 Å². The van der Waals surface area contributed by atoms with Gasteiger partial charge in [0.1, 0.15) is 11.4 Å². The molecule has 0 amide bonds. The zero-order valence-corrected chi connectivity index (χ0v) is 17.3. The van der Waals surface area contributed by atoms with Gasteiger partial charge in [0, 0.05) is 38.3 Å². The number of pyridine rings is 1. The quantitative estimate of drug-likeness (QED) is 0.618. The zero-order valence-electron chi connectivity index (χ0n) is 16.5. The van der Waals surface area contributed by atoms with Gasteiger partial charge in [-0.3, -0.25) is 9.69 Å². The smallest absolute Gasteiger partial charge is 0.353 e. The van der Waals surface area contributed by atoms with Crippen LogP contribution >= 0.6 is 11.6 Å². The molecule has 174 valence electrons. The highest BCUT2D eigenvalue weighted by atomic mass is 35.5. The van der Waals surface area contributed by atoms with Crippen molar-refractivity contribution in [1.82, 2.24) is 19.7 Å². The summed E-state index contributed by atoms with van der Waals surface area (Å²) in [5.41, 5.74) is -3.12. The molecule has 32 heavy (non-hydrogen) atoms. The Morgan fingerprint density at radius 2 is 1.66 bits per heavy atom. The Morgan fingerprint density at radius 1 is 1.00 bits per heavy atom. The van der Waals surface area contributed by atoms with E-state index in [0.717, 1.165) is 29.7 Å². The summed E-state index contributed by atoms with van der Waals surface area (Å²) in [7, 11) is 0. The van der Waals surface area contributed by atoms with Gasteiger partial charge in [0.05, 0.1) is 22.9 Å². The van der Waals surface area contributed by atoms with Crippen molar-refractivity contribution in [3.05, 3.63) is 50.5 Å². The molecule has 2 aromatic rings. The lowest BCUT2D eigenvalue weighted by Crippen LogP contribution is -2.49. The molecule has 13 heteroatoms. The lowest BCUT2D eigenvalue weighted by Gasteiger charge is -2.35. The summed E-state index contributed by atoms with van der Waals surface area (Å²) < 4.78 is 79.1. The molecule has 0 spiro atoms. The van der Waals surface area contributed by atoms with E-state index in [9.17, 15) is 31.1 Å². The zero-order chi connectivity index (χ0) is 23.3. The first kappa shape index (κ1) is 22.8. The van der Waals surface area contributed by atoms with Crippen LogP contribution in [0.5, 0.6) is 0 Å². The normalized spacial score (nSPS) is 18.3. The number of piperazine rings is 1. The van der Waals surface area contributed by atoms with Gasteiger partial charge >= 0.3 is 12.4 Å². The number of rotatable bonds is 4. The van der Waals surface area contributed by atoms with Crippen LogP contribution in [0.3, 0.4) is 0 Å². The second-order valence-corrected chi connectivity index (χ2v) is 8.24. The summed E-state index contributed by atoms with van der Waals surface area (Å²) in [4.78, 5) is 19.6. The molecule has 1 aliphatic carbocycles. The first-order valence-electron chi connectivity index (χ1n) is 9.83. The molecule has 2 fully saturated rings. The van der Waals surface area contributed by atoms with Crippen molar-refractivity contribution >= 4 is 17.4 Å². The molecular formula is C19H18ClF6N5O. The van der Waals surface area contributed by atoms with E-state index in [0.29, 0.717) is 32.4 Å². The SMILES string of the molecule is O=c1c(C(F)(F)F)cc(C2CC2)nn1CN1CCN(c2ncc(C(F)(F)F)cc2Cl)CC1. The van der Waals surface area contributed by atoms with Crippen LogP contribution in [0.2, 0.25) is 5.02 Å². The first-order chi connectivity index (χ1) is 14.9. The number of aromatic nitrogens is 3. The predicted octanol–water partition coefficient (Wildman–Crippen LogP) is 3.99. The van der Waals surface area contributed by atoms with E-state index in [1.54, 1.807) is 9.80 Å². The summed E-state index contributed by atoms with van der Waals surface area (Å²) in [6.45, 7) is 1.19. The van der Waals surface area contributed by atoms with E-state index >= 15 is 0 Å². The molecular weight excluding hydrogens is 464 g/mol. The van der Waals surface area contributed by atoms with Gasteiger partial charge in [0.2, 0.25) is 0 Å². The average molecular weight is 482 g/mol. The van der Waals surface area contributed by atoms with Crippen LogP contribution in [-0.2, 0) is 19.0 Å². The van der Waals surface area contributed by atoms with E-state index in [-0.39, 0.29) is 29.1 Å². The Kier molecular flexibility index (Phi) is 5.86. The molecule has 0 atom stereocenters. The fourth-order valence-corrected chi connectivity index (χ4v) is 3.83. The number of halogens is 7. The van der Waals surface area contributed by atoms with Gasteiger partial charge in [-0.2, -0.15) is 31.4 Å². The van der Waals surface area contributed by atoms with E-state index in [1.165, 1.54) is 0 Å². The molecule has 1 saturated carbocycles. The summed E-state index contributed by atoms with van der Waals surface area (Å²) in [6, 6.07) is 1.65. The standard InChI is InChI=1S/C19H18ClF6N5O/c20-14-7-12(18(21,22)23)9-27-16(14)30-5-3-29(4-6-30)10-31-17(32)13(19(24,25)26)8-15(28-31)11-1-2-11/h7-9,11H,1-6,10H2. The molecule has 3 heterocycles. The highest BCUT2D eigenvalue weighted by molar-refractivity contribution is 6.33. The minimum absolute atomic E-state index is 0.0623. The van der Waals surface area contributed by atoms with Gasteiger partial charge < -0.3 is 4.90 Å². The van der Waals surface area contributed by atoms with Crippen molar-refractivity contribution in [1.29, 1.82) is 0 Å². The third kappa shape index (κ3) is 4.85. The summed E-state index contributed by atoms with van der Waals surface area (Å²) in [5, 5.41) is 3.99. The topological polar surface area (TPSA) is 54.3 Å². The summed E-state index contributed by atoms with van der Waals surface area (Å²) in [6.07, 6.45) is -7.14. The van der Waals surface area contributed by atoms with Crippen LogP contribution in [0, 0.1) is 0 Å². The Hall–Kier alpha value is -2.34. The van der Waals surface area contributed by atoms with E-state index in [4.69, 9.17) is 11.6 Å². The fraction of sp³-hybridized carbons (Fsp3) is 0.526. The van der Waals surface area contributed by atoms with E-state index < -0.39 is 29.0 Å².